The minimum Gasteiger partial charge on any atom is -0.487 e. The van der Waals surface area contributed by atoms with Crippen LogP contribution in [0.5, 0.6) is 5.75 Å². The van der Waals surface area contributed by atoms with Crippen LogP contribution in [0.4, 0.5) is 5.69 Å². The zero-order valence-electron chi connectivity index (χ0n) is 18.9. The Balaban J connectivity index is 1.41. The summed E-state index contributed by atoms with van der Waals surface area (Å²) in [4.78, 5) is 12.9. The summed E-state index contributed by atoms with van der Waals surface area (Å²) >= 11 is 24.2. The number of carbonyl (C=O) groups excluding carboxylic acids is 1. The number of benzene rings is 3. The molecule has 1 aromatic heterocycles. The van der Waals surface area contributed by atoms with Crippen molar-refractivity contribution in [3.8, 4) is 5.75 Å². The van der Waals surface area contributed by atoms with Crippen LogP contribution >= 0.6 is 46.4 Å². The molecule has 1 heterocycles. The number of anilines is 1. The first-order valence-electron chi connectivity index (χ1n) is 10.7. The number of aromatic nitrogens is 2. The van der Waals surface area contributed by atoms with E-state index in [9.17, 15) is 4.79 Å². The topological polar surface area (TPSA) is 56.2 Å². The summed E-state index contributed by atoms with van der Waals surface area (Å²) in [5.41, 5.74) is 4.62. The van der Waals surface area contributed by atoms with Crippen molar-refractivity contribution in [3.63, 3.8) is 0 Å². The maximum absolute atomic E-state index is 12.9. The average molecular weight is 549 g/mol. The van der Waals surface area contributed by atoms with Crippen molar-refractivity contribution >= 4 is 58.0 Å². The number of nitrogens with zero attached hydrogens (tertiary/aromatic N) is 2. The van der Waals surface area contributed by atoms with Crippen molar-refractivity contribution < 1.29 is 9.53 Å². The summed E-state index contributed by atoms with van der Waals surface area (Å²) in [7, 11) is 0. The Labute approximate surface area is 223 Å². The molecular formula is C26H21Cl4N3O2. The van der Waals surface area contributed by atoms with Crippen molar-refractivity contribution in [2.24, 2.45) is 0 Å². The minimum absolute atomic E-state index is 0.224. The molecule has 9 heteroatoms. The number of hydrogen-bond donors (Lipinski definition) is 1. The van der Waals surface area contributed by atoms with Crippen LogP contribution < -0.4 is 10.1 Å². The second-order valence-electron chi connectivity index (χ2n) is 7.97. The number of carbonyl (C=O) groups is 1. The molecule has 0 unspecified atom stereocenters. The second-order valence-corrected chi connectivity index (χ2v) is 9.62. The van der Waals surface area contributed by atoms with Gasteiger partial charge in [-0.05, 0) is 67.4 Å². The van der Waals surface area contributed by atoms with Gasteiger partial charge in [0.1, 0.15) is 12.4 Å². The monoisotopic (exact) mass is 547 g/mol. The first-order chi connectivity index (χ1) is 16.7. The fraction of sp³-hybridized carbons (Fsp3) is 0.154. The van der Waals surface area contributed by atoms with Crippen LogP contribution in [-0.2, 0) is 13.2 Å². The number of amides is 1. The highest BCUT2D eigenvalue weighted by atomic mass is 35.5. The lowest BCUT2D eigenvalue weighted by molar-refractivity contribution is 0.102. The van der Waals surface area contributed by atoms with Gasteiger partial charge < -0.3 is 10.1 Å². The summed E-state index contributed by atoms with van der Waals surface area (Å²) in [5.74, 6) is 0.320. The highest BCUT2D eigenvalue weighted by Gasteiger charge is 2.16. The number of hydrogen-bond acceptors (Lipinski definition) is 3. The second kappa shape index (κ2) is 10.9. The van der Waals surface area contributed by atoms with E-state index in [0.717, 1.165) is 22.5 Å². The summed E-state index contributed by atoms with van der Waals surface area (Å²) in [6.45, 7) is 4.58. The van der Waals surface area contributed by atoms with Gasteiger partial charge in [-0.3, -0.25) is 9.48 Å². The van der Waals surface area contributed by atoms with Crippen LogP contribution in [0.2, 0.25) is 20.1 Å². The quantitative estimate of drug-likeness (QED) is 0.254. The molecule has 0 fully saturated rings. The van der Waals surface area contributed by atoms with E-state index in [-0.39, 0.29) is 5.91 Å². The molecule has 0 atom stereocenters. The van der Waals surface area contributed by atoms with Gasteiger partial charge >= 0.3 is 0 Å². The van der Waals surface area contributed by atoms with Gasteiger partial charge in [-0.15, -0.1) is 0 Å². The maximum atomic E-state index is 12.9. The van der Waals surface area contributed by atoms with Gasteiger partial charge in [-0.1, -0.05) is 64.6 Å². The normalized spacial score (nSPS) is 10.9. The summed E-state index contributed by atoms with van der Waals surface area (Å²) in [6, 6.07) is 17.7. The summed E-state index contributed by atoms with van der Waals surface area (Å²) in [6.07, 6.45) is 0. The van der Waals surface area contributed by atoms with Crippen LogP contribution in [0, 0.1) is 13.8 Å². The van der Waals surface area contributed by atoms with E-state index in [1.54, 1.807) is 36.4 Å². The number of aryl methyl sites for hydroxylation is 1. The first-order valence-corrected chi connectivity index (χ1v) is 12.2. The predicted molar refractivity (Wildman–Crippen MR) is 142 cm³/mol. The molecule has 0 spiro atoms. The van der Waals surface area contributed by atoms with Crippen molar-refractivity contribution in [2.45, 2.75) is 27.0 Å². The van der Waals surface area contributed by atoms with Crippen LogP contribution in [0.1, 0.15) is 32.9 Å². The number of ether oxygens (including phenoxy) is 1. The van der Waals surface area contributed by atoms with Gasteiger partial charge in [0, 0.05) is 10.6 Å². The van der Waals surface area contributed by atoms with E-state index >= 15 is 0 Å². The molecule has 0 saturated heterocycles. The third-order valence-electron chi connectivity index (χ3n) is 5.44. The molecular weight excluding hydrogens is 528 g/mol. The van der Waals surface area contributed by atoms with Gasteiger partial charge in [-0.25, -0.2) is 0 Å². The zero-order valence-corrected chi connectivity index (χ0v) is 21.9. The average Bonchev–Trinajstić information content (AvgIpc) is 3.08. The molecule has 0 aliphatic rings. The highest BCUT2D eigenvalue weighted by molar-refractivity contribution is 6.42. The summed E-state index contributed by atoms with van der Waals surface area (Å²) in [5, 5.41) is 9.54. The van der Waals surface area contributed by atoms with Gasteiger partial charge in [0.25, 0.3) is 5.91 Å². The third kappa shape index (κ3) is 6.11. The van der Waals surface area contributed by atoms with Crippen molar-refractivity contribution in [1.82, 2.24) is 9.78 Å². The number of rotatable bonds is 7. The minimum atomic E-state index is -0.224. The lowest BCUT2D eigenvalue weighted by Crippen LogP contribution is -2.13. The fourth-order valence-electron chi connectivity index (χ4n) is 3.53. The Morgan fingerprint density at radius 3 is 2.29 bits per heavy atom. The van der Waals surface area contributed by atoms with E-state index in [4.69, 9.17) is 51.1 Å². The molecule has 0 saturated carbocycles. The van der Waals surface area contributed by atoms with E-state index in [2.05, 4.69) is 10.4 Å². The van der Waals surface area contributed by atoms with Crippen LogP contribution in [0.15, 0.2) is 60.7 Å². The van der Waals surface area contributed by atoms with E-state index in [1.165, 1.54) is 0 Å². The third-order valence-corrected chi connectivity index (χ3v) is 6.71. The smallest absolute Gasteiger partial charge is 0.255 e. The Bertz CT molecular complexity index is 1380. The molecule has 0 bridgehead atoms. The summed E-state index contributed by atoms with van der Waals surface area (Å²) < 4.78 is 7.58. The lowest BCUT2D eigenvalue weighted by Gasteiger charge is -2.10. The molecule has 3 aromatic carbocycles. The standard InChI is InChI=1S/C26H21Cl4N3O2/c1-15-25(16(2)33(32-15)13-18-5-9-21(28)22(29)11-18)31-26(34)19-6-3-17(4-7-19)14-35-24-10-8-20(27)12-23(24)30/h3-12H,13-14H2,1-2H3,(H,31,34). The molecule has 4 aromatic rings. The number of halogens is 4. The molecule has 0 aliphatic carbocycles. The maximum Gasteiger partial charge on any atom is 0.255 e. The Morgan fingerprint density at radius 2 is 1.60 bits per heavy atom. The SMILES string of the molecule is Cc1nn(Cc2ccc(Cl)c(Cl)c2)c(C)c1NC(=O)c1ccc(COc2ccc(Cl)cc2Cl)cc1. The van der Waals surface area contributed by atoms with Crippen molar-refractivity contribution in [2.75, 3.05) is 5.32 Å². The molecule has 1 N–H and O–H groups in total. The van der Waals surface area contributed by atoms with Gasteiger partial charge in [-0.2, -0.15) is 5.10 Å². The molecule has 4 rings (SSSR count). The Kier molecular flexibility index (Phi) is 7.92. The van der Waals surface area contributed by atoms with Gasteiger partial charge in [0.15, 0.2) is 0 Å². The highest BCUT2D eigenvalue weighted by Crippen LogP contribution is 2.28. The van der Waals surface area contributed by atoms with Crippen molar-refractivity contribution in [1.29, 1.82) is 0 Å². The van der Waals surface area contributed by atoms with Crippen LogP contribution in [0.25, 0.3) is 0 Å². The van der Waals surface area contributed by atoms with Crippen LogP contribution in [-0.4, -0.2) is 15.7 Å². The molecule has 0 aliphatic heterocycles. The van der Waals surface area contributed by atoms with Gasteiger partial charge in [0.05, 0.1) is 38.7 Å². The Morgan fingerprint density at radius 1 is 0.886 bits per heavy atom. The fourth-order valence-corrected chi connectivity index (χ4v) is 4.32. The van der Waals surface area contributed by atoms with Crippen molar-refractivity contribution in [3.05, 3.63) is 109 Å². The Hall–Kier alpha value is -2.70. The van der Waals surface area contributed by atoms with E-state index < -0.39 is 0 Å². The molecule has 5 nitrogen and oxygen atoms in total. The lowest BCUT2D eigenvalue weighted by atomic mass is 10.1. The molecule has 0 radical (unpaired) electrons. The molecule has 180 valence electrons. The van der Waals surface area contributed by atoms with E-state index in [1.807, 2.05) is 42.8 Å². The van der Waals surface area contributed by atoms with E-state index in [0.29, 0.717) is 50.2 Å². The largest absolute Gasteiger partial charge is 0.487 e. The first kappa shape index (κ1) is 25.4. The molecule has 35 heavy (non-hydrogen) atoms. The van der Waals surface area contributed by atoms with Gasteiger partial charge in [0.2, 0.25) is 0 Å². The predicted octanol–water partition coefficient (Wildman–Crippen LogP) is 7.99. The number of nitrogens with one attached hydrogen (secondary N) is 1. The zero-order chi connectivity index (χ0) is 25.1. The van der Waals surface area contributed by atoms with Crippen LogP contribution in [0.3, 0.4) is 0 Å². The molecule has 1 amide bonds.